The number of likely N-dealkylation sites (tertiary alicyclic amines) is 1. The average molecular weight is 396 g/mol. The number of nitrogens with zero attached hydrogens (tertiary/aromatic N) is 3. The molecule has 0 saturated carbocycles. The van der Waals surface area contributed by atoms with E-state index in [0.29, 0.717) is 17.4 Å². The summed E-state index contributed by atoms with van der Waals surface area (Å²) in [5, 5.41) is 4.58. The van der Waals surface area contributed by atoms with E-state index >= 15 is 0 Å². The molecule has 0 unspecified atom stereocenters. The molecule has 1 aliphatic rings. The van der Waals surface area contributed by atoms with Crippen molar-refractivity contribution in [3.8, 4) is 17.2 Å². The Hall–Kier alpha value is -2.44. The largest absolute Gasteiger partial charge is 0.497 e. The zero-order valence-electron chi connectivity index (χ0n) is 16.1. The summed E-state index contributed by atoms with van der Waals surface area (Å²) in [4.78, 5) is 2.81. The molecule has 1 fully saturated rings. The van der Waals surface area contributed by atoms with Crippen molar-refractivity contribution in [2.75, 3.05) is 20.2 Å². The van der Waals surface area contributed by atoms with E-state index in [-0.39, 0.29) is 0 Å². The van der Waals surface area contributed by atoms with Gasteiger partial charge in [-0.3, -0.25) is 4.90 Å². The predicted molar refractivity (Wildman–Crippen MR) is 112 cm³/mol. The maximum atomic E-state index is 5.72. The maximum absolute atomic E-state index is 5.72. The zero-order chi connectivity index (χ0) is 19.3. The van der Waals surface area contributed by atoms with Gasteiger partial charge in [-0.15, -0.1) is 5.10 Å². The van der Waals surface area contributed by atoms with Crippen LogP contribution in [-0.4, -0.2) is 34.9 Å². The smallest absolute Gasteiger partial charge is 0.288 e. The van der Waals surface area contributed by atoms with Crippen LogP contribution in [0.25, 0.3) is 11.5 Å². The van der Waals surface area contributed by atoms with E-state index in [9.17, 15) is 0 Å². The Morgan fingerprint density at radius 2 is 1.79 bits per heavy atom. The van der Waals surface area contributed by atoms with E-state index in [1.54, 1.807) is 11.8 Å². The summed E-state index contributed by atoms with van der Waals surface area (Å²) in [6.45, 7) is 2.80. The van der Waals surface area contributed by atoms with Crippen LogP contribution in [0.5, 0.6) is 5.75 Å². The van der Waals surface area contributed by atoms with Gasteiger partial charge in [-0.1, -0.05) is 30.3 Å². The Morgan fingerprint density at radius 3 is 2.46 bits per heavy atom. The third-order valence-electron chi connectivity index (χ3n) is 5.35. The van der Waals surface area contributed by atoms with Gasteiger partial charge in [0.2, 0.25) is 5.89 Å². The number of hydrogen-bond acceptors (Lipinski definition) is 5. The van der Waals surface area contributed by atoms with Crippen LogP contribution in [0.2, 0.25) is 0 Å². The lowest BCUT2D eigenvalue weighted by atomic mass is 9.90. The highest BCUT2D eigenvalue weighted by molar-refractivity contribution is 7.71. The SMILES string of the molecule is COc1ccc(-c2nn(CN3CCC(Cc4ccccc4)CC3)c(=S)o2)cc1. The van der Waals surface area contributed by atoms with Crippen LogP contribution >= 0.6 is 12.2 Å². The number of methoxy groups -OCH3 is 1. The molecular weight excluding hydrogens is 370 g/mol. The van der Waals surface area contributed by atoms with Crippen molar-refractivity contribution in [1.29, 1.82) is 0 Å². The van der Waals surface area contributed by atoms with Crippen LogP contribution in [0, 0.1) is 10.8 Å². The fourth-order valence-electron chi connectivity index (χ4n) is 3.71. The van der Waals surface area contributed by atoms with Gasteiger partial charge in [0.1, 0.15) is 5.75 Å². The van der Waals surface area contributed by atoms with Gasteiger partial charge >= 0.3 is 0 Å². The lowest BCUT2D eigenvalue weighted by molar-refractivity contribution is 0.138. The first kappa shape index (κ1) is 18.9. The minimum Gasteiger partial charge on any atom is -0.497 e. The Kier molecular flexibility index (Phi) is 5.88. The fraction of sp³-hybridized carbons (Fsp3) is 0.364. The molecule has 1 aromatic heterocycles. The molecule has 1 saturated heterocycles. The number of piperidine rings is 1. The van der Waals surface area contributed by atoms with Gasteiger partial charge in [0.05, 0.1) is 13.8 Å². The van der Waals surface area contributed by atoms with Crippen molar-refractivity contribution in [3.63, 3.8) is 0 Å². The Balaban J connectivity index is 1.35. The second kappa shape index (κ2) is 8.71. The standard InChI is InChI=1S/C22H25N3O2S/c1-26-20-9-7-19(8-10-20)21-23-25(22(28)27-21)16-24-13-11-18(12-14-24)15-17-5-3-2-4-6-17/h2-10,18H,11-16H2,1H3. The first-order valence-electron chi connectivity index (χ1n) is 9.70. The maximum Gasteiger partial charge on any atom is 0.288 e. The molecule has 28 heavy (non-hydrogen) atoms. The lowest BCUT2D eigenvalue weighted by Crippen LogP contribution is -2.36. The molecule has 5 nitrogen and oxygen atoms in total. The highest BCUT2D eigenvalue weighted by Crippen LogP contribution is 2.24. The quantitative estimate of drug-likeness (QED) is 0.561. The summed E-state index contributed by atoms with van der Waals surface area (Å²) in [7, 11) is 1.65. The van der Waals surface area contributed by atoms with E-state index in [1.165, 1.54) is 24.8 Å². The topological polar surface area (TPSA) is 43.4 Å². The van der Waals surface area contributed by atoms with Gasteiger partial charge in [-0.05, 0) is 67.2 Å². The number of ether oxygens (including phenoxy) is 1. The summed E-state index contributed by atoms with van der Waals surface area (Å²) in [6, 6.07) is 18.4. The predicted octanol–water partition coefficient (Wildman–Crippen LogP) is 4.79. The molecule has 0 amide bonds. The third kappa shape index (κ3) is 4.51. The van der Waals surface area contributed by atoms with Crippen LogP contribution in [0.15, 0.2) is 59.0 Å². The van der Waals surface area contributed by atoms with Crippen molar-refractivity contribution in [2.45, 2.75) is 25.9 Å². The van der Waals surface area contributed by atoms with Crippen LogP contribution in [0.4, 0.5) is 0 Å². The molecule has 2 heterocycles. The number of benzene rings is 2. The van der Waals surface area contributed by atoms with E-state index in [2.05, 4.69) is 40.3 Å². The van der Waals surface area contributed by atoms with Crippen LogP contribution in [-0.2, 0) is 13.1 Å². The zero-order valence-corrected chi connectivity index (χ0v) is 16.9. The molecule has 4 rings (SSSR count). The summed E-state index contributed by atoms with van der Waals surface area (Å²) in [5.74, 6) is 2.10. The Bertz CT molecular complexity index is 942. The van der Waals surface area contributed by atoms with Gasteiger partial charge in [-0.2, -0.15) is 0 Å². The first-order chi connectivity index (χ1) is 13.7. The minimum atomic E-state index is 0.414. The van der Waals surface area contributed by atoms with E-state index < -0.39 is 0 Å². The second-order valence-electron chi connectivity index (χ2n) is 7.29. The van der Waals surface area contributed by atoms with Gasteiger partial charge in [-0.25, -0.2) is 4.68 Å². The highest BCUT2D eigenvalue weighted by atomic mass is 32.1. The molecule has 2 aromatic carbocycles. The second-order valence-corrected chi connectivity index (χ2v) is 7.64. The van der Waals surface area contributed by atoms with Crippen molar-refractivity contribution in [3.05, 3.63) is 65.0 Å². The van der Waals surface area contributed by atoms with Crippen molar-refractivity contribution >= 4 is 12.2 Å². The molecule has 0 bridgehead atoms. The van der Waals surface area contributed by atoms with Gasteiger partial charge in [0.25, 0.3) is 4.84 Å². The highest BCUT2D eigenvalue weighted by Gasteiger charge is 2.20. The first-order valence-corrected chi connectivity index (χ1v) is 10.1. The molecule has 1 aliphatic heterocycles. The van der Waals surface area contributed by atoms with Crippen LogP contribution in [0.1, 0.15) is 18.4 Å². The van der Waals surface area contributed by atoms with Gasteiger partial charge < -0.3 is 9.15 Å². The van der Waals surface area contributed by atoms with Gasteiger partial charge in [0, 0.05) is 18.7 Å². The Morgan fingerprint density at radius 1 is 1.07 bits per heavy atom. The number of hydrogen-bond donors (Lipinski definition) is 0. The molecule has 3 aromatic rings. The average Bonchev–Trinajstić information content (AvgIpc) is 3.10. The summed E-state index contributed by atoms with van der Waals surface area (Å²) in [6.07, 6.45) is 3.57. The van der Waals surface area contributed by atoms with Gasteiger partial charge in [0.15, 0.2) is 0 Å². The lowest BCUT2D eigenvalue weighted by Gasteiger charge is -2.31. The number of aromatic nitrogens is 2. The van der Waals surface area contributed by atoms with E-state index in [0.717, 1.165) is 30.3 Å². The minimum absolute atomic E-state index is 0.414. The molecule has 0 spiro atoms. The molecule has 0 N–H and O–H groups in total. The normalized spacial score (nSPS) is 15.6. The Labute approximate surface area is 170 Å². The summed E-state index contributed by atoms with van der Waals surface area (Å²) < 4.78 is 12.7. The number of rotatable bonds is 6. The molecule has 6 heteroatoms. The molecule has 0 aliphatic carbocycles. The molecule has 0 radical (unpaired) electrons. The van der Waals surface area contributed by atoms with Crippen molar-refractivity contribution in [1.82, 2.24) is 14.7 Å². The molecule has 146 valence electrons. The monoisotopic (exact) mass is 395 g/mol. The van der Waals surface area contributed by atoms with Crippen molar-refractivity contribution < 1.29 is 9.15 Å². The third-order valence-corrected chi connectivity index (χ3v) is 5.65. The molecular formula is C22H25N3O2S. The van der Waals surface area contributed by atoms with E-state index in [4.69, 9.17) is 21.4 Å². The summed E-state index contributed by atoms with van der Waals surface area (Å²) in [5.41, 5.74) is 2.33. The molecule has 0 atom stereocenters. The van der Waals surface area contributed by atoms with Crippen LogP contribution < -0.4 is 4.74 Å². The fourth-order valence-corrected chi connectivity index (χ4v) is 3.89. The van der Waals surface area contributed by atoms with Crippen LogP contribution in [0.3, 0.4) is 0 Å². The van der Waals surface area contributed by atoms with Crippen molar-refractivity contribution in [2.24, 2.45) is 5.92 Å². The summed E-state index contributed by atoms with van der Waals surface area (Å²) >= 11 is 5.38. The van der Waals surface area contributed by atoms with E-state index in [1.807, 2.05) is 24.3 Å².